The molecule has 0 spiro atoms. The van der Waals surface area contributed by atoms with Crippen LogP contribution in [0.3, 0.4) is 0 Å². The number of carbonyl (C=O) groups is 2. The Morgan fingerprint density at radius 3 is 2.48 bits per heavy atom. The smallest absolute Gasteiger partial charge is 0.337 e. The Bertz CT molecular complexity index is 802. The first-order chi connectivity index (χ1) is 11.8. The van der Waals surface area contributed by atoms with Crippen molar-refractivity contribution in [1.29, 1.82) is 0 Å². The van der Waals surface area contributed by atoms with Gasteiger partial charge in [0, 0.05) is 13.5 Å². The van der Waals surface area contributed by atoms with Gasteiger partial charge in [-0.3, -0.25) is 4.79 Å². The van der Waals surface area contributed by atoms with Crippen molar-refractivity contribution in [2.24, 2.45) is 0 Å². The van der Waals surface area contributed by atoms with Crippen molar-refractivity contribution in [2.45, 2.75) is 12.8 Å². The highest BCUT2D eigenvalue weighted by Gasteiger charge is 2.19. The number of ether oxygens (including phenoxy) is 1. The van der Waals surface area contributed by atoms with Gasteiger partial charge in [0.05, 0.1) is 18.4 Å². The Labute approximate surface area is 144 Å². The van der Waals surface area contributed by atoms with Crippen molar-refractivity contribution in [3.63, 3.8) is 0 Å². The summed E-state index contributed by atoms with van der Waals surface area (Å²) in [6.07, 6.45) is 0.546. The number of aryl methyl sites for hydroxylation is 1. The average molecular weight is 345 g/mol. The van der Waals surface area contributed by atoms with Crippen LogP contribution in [0.25, 0.3) is 0 Å². The second kappa shape index (κ2) is 7.57. The third kappa shape index (κ3) is 4.20. The lowest BCUT2D eigenvalue weighted by Crippen LogP contribution is -2.28. The SMILES string of the molecule is COc1cc(CCC(=O)N(C)c2ccc(O)cc2C(=O)O)ccc1O. The molecule has 0 aliphatic heterocycles. The number of anilines is 1. The van der Waals surface area contributed by atoms with Crippen molar-refractivity contribution >= 4 is 17.6 Å². The van der Waals surface area contributed by atoms with Gasteiger partial charge < -0.3 is 25.0 Å². The summed E-state index contributed by atoms with van der Waals surface area (Å²) in [5, 5.41) is 28.2. The normalized spacial score (nSPS) is 10.3. The van der Waals surface area contributed by atoms with Crippen molar-refractivity contribution in [3.05, 3.63) is 47.5 Å². The summed E-state index contributed by atoms with van der Waals surface area (Å²) in [6.45, 7) is 0. The predicted molar refractivity (Wildman–Crippen MR) is 91.5 cm³/mol. The number of carbonyl (C=O) groups excluding carboxylic acids is 1. The van der Waals surface area contributed by atoms with Gasteiger partial charge in [0.25, 0.3) is 0 Å². The molecule has 0 radical (unpaired) electrons. The van der Waals surface area contributed by atoms with E-state index in [1.807, 2.05) is 0 Å². The molecule has 25 heavy (non-hydrogen) atoms. The van der Waals surface area contributed by atoms with E-state index in [0.29, 0.717) is 12.2 Å². The van der Waals surface area contributed by atoms with E-state index in [1.165, 1.54) is 37.3 Å². The highest BCUT2D eigenvalue weighted by Crippen LogP contribution is 2.28. The molecule has 0 aromatic heterocycles. The van der Waals surface area contributed by atoms with Crippen molar-refractivity contribution in [1.82, 2.24) is 0 Å². The zero-order valence-electron chi connectivity index (χ0n) is 13.9. The predicted octanol–water partition coefficient (Wildman–Crippen LogP) is 2.40. The van der Waals surface area contributed by atoms with Crippen LogP contribution >= 0.6 is 0 Å². The summed E-state index contributed by atoms with van der Waals surface area (Å²) >= 11 is 0. The van der Waals surface area contributed by atoms with Gasteiger partial charge in [0.1, 0.15) is 5.75 Å². The number of benzene rings is 2. The summed E-state index contributed by atoms with van der Waals surface area (Å²) in [7, 11) is 2.93. The van der Waals surface area contributed by atoms with Crippen LogP contribution in [0.5, 0.6) is 17.2 Å². The van der Waals surface area contributed by atoms with Crippen LogP contribution in [-0.4, -0.2) is 41.4 Å². The summed E-state index contributed by atoms with van der Waals surface area (Å²) in [5.41, 5.74) is 0.862. The number of amides is 1. The zero-order chi connectivity index (χ0) is 18.6. The molecule has 0 aliphatic rings. The number of carboxylic acid groups (broad SMARTS) is 1. The molecule has 1 amide bonds. The van der Waals surface area contributed by atoms with Gasteiger partial charge in [-0.05, 0) is 42.3 Å². The molecule has 2 aromatic rings. The van der Waals surface area contributed by atoms with Gasteiger partial charge in [0.15, 0.2) is 11.5 Å². The number of nitrogens with zero attached hydrogens (tertiary/aromatic N) is 1. The van der Waals surface area contributed by atoms with E-state index < -0.39 is 5.97 Å². The topological polar surface area (TPSA) is 107 Å². The number of phenolic OH excluding ortho intramolecular Hbond substituents is 2. The summed E-state index contributed by atoms with van der Waals surface area (Å²) in [4.78, 5) is 24.9. The van der Waals surface area contributed by atoms with E-state index in [-0.39, 0.29) is 35.1 Å². The number of carboxylic acids is 1. The monoisotopic (exact) mass is 345 g/mol. The third-order valence-corrected chi connectivity index (χ3v) is 3.82. The quantitative estimate of drug-likeness (QED) is 0.742. The van der Waals surface area contributed by atoms with Crippen molar-refractivity contribution in [2.75, 3.05) is 19.1 Å². The van der Waals surface area contributed by atoms with Crippen LogP contribution in [-0.2, 0) is 11.2 Å². The molecule has 0 bridgehead atoms. The van der Waals surface area contributed by atoms with Crippen molar-refractivity contribution in [3.8, 4) is 17.2 Å². The fourth-order valence-electron chi connectivity index (χ4n) is 2.42. The van der Waals surface area contributed by atoms with Gasteiger partial charge in [0.2, 0.25) is 5.91 Å². The van der Waals surface area contributed by atoms with Crippen molar-refractivity contribution < 1.29 is 29.6 Å². The minimum absolute atomic E-state index is 0.0184. The molecule has 7 nitrogen and oxygen atoms in total. The summed E-state index contributed by atoms with van der Waals surface area (Å²) in [5.74, 6) is -1.35. The van der Waals surface area contributed by atoms with E-state index >= 15 is 0 Å². The molecule has 0 atom stereocenters. The van der Waals surface area contributed by atoms with E-state index in [2.05, 4.69) is 0 Å². The maximum atomic E-state index is 12.4. The number of hydrogen-bond donors (Lipinski definition) is 3. The number of methoxy groups -OCH3 is 1. The van der Waals surface area contributed by atoms with E-state index in [9.17, 15) is 24.9 Å². The average Bonchev–Trinajstić information content (AvgIpc) is 2.59. The lowest BCUT2D eigenvalue weighted by Gasteiger charge is -2.19. The zero-order valence-corrected chi connectivity index (χ0v) is 13.9. The Morgan fingerprint density at radius 1 is 1.12 bits per heavy atom. The number of rotatable bonds is 6. The number of phenols is 2. The largest absolute Gasteiger partial charge is 0.508 e. The number of aromatic carboxylic acids is 1. The second-order valence-electron chi connectivity index (χ2n) is 5.47. The molecule has 0 unspecified atom stereocenters. The molecule has 0 fully saturated rings. The lowest BCUT2D eigenvalue weighted by atomic mass is 10.1. The van der Waals surface area contributed by atoms with E-state index in [0.717, 1.165) is 11.6 Å². The Hall–Kier alpha value is -3.22. The maximum Gasteiger partial charge on any atom is 0.337 e. The first kappa shape index (κ1) is 18.1. The van der Waals surface area contributed by atoms with Gasteiger partial charge >= 0.3 is 5.97 Å². The van der Waals surface area contributed by atoms with Gasteiger partial charge in [-0.25, -0.2) is 4.79 Å². The summed E-state index contributed by atoms with van der Waals surface area (Å²) in [6, 6.07) is 8.65. The van der Waals surface area contributed by atoms with Crippen LogP contribution < -0.4 is 9.64 Å². The molecule has 132 valence electrons. The highest BCUT2D eigenvalue weighted by atomic mass is 16.5. The molecular formula is C18H19NO6. The van der Waals surface area contributed by atoms with Crippen LogP contribution in [0.15, 0.2) is 36.4 Å². The minimum atomic E-state index is -1.23. The van der Waals surface area contributed by atoms with Crippen LogP contribution in [0.1, 0.15) is 22.3 Å². The minimum Gasteiger partial charge on any atom is -0.508 e. The molecule has 0 heterocycles. The Kier molecular flexibility index (Phi) is 5.49. The molecular weight excluding hydrogens is 326 g/mol. The lowest BCUT2D eigenvalue weighted by molar-refractivity contribution is -0.118. The Balaban J connectivity index is 2.12. The van der Waals surface area contributed by atoms with Gasteiger partial charge in [-0.1, -0.05) is 6.07 Å². The molecule has 0 saturated carbocycles. The molecule has 2 aromatic carbocycles. The standard InChI is InChI=1S/C18H19NO6/c1-19(14-6-5-12(20)10-13(14)18(23)24)17(22)8-4-11-3-7-15(21)16(9-11)25-2/h3,5-7,9-10,20-21H,4,8H2,1-2H3,(H,23,24). The molecule has 0 saturated heterocycles. The van der Waals surface area contributed by atoms with Gasteiger partial charge in [-0.2, -0.15) is 0 Å². The maximum absolute atomic E-state index is 12.4. The van der Waals surface area contributed by atoms with E-state index in [4.69, 9.17) is 4.74 Å². The second-order valence-corrected chi connectivity index (χ2v) is 5.47. The summed E-state index contributed by atoms with van der Waals surface area (Å²) < 4.78 is 5.03. The fourth-order valence-corrected chi connectivity index (χ4v) is 2.42. The van der Waals surface area contributed by atoms with Crippen LogP contribution in [0.4, 0.5) is 5.69 Å². The third-order valence-electron chi connectivity index (χ3n) is 3.82. The first-order valence-electron chi connectivity index (χ1n) is 7.52. The molecule has 0 aliphatic carbocycles. The highest BCUT2D eigenvalue weighted by molar-refractivity contribution is 6.02. The number of aromatic hydroxyl groups is 2. The first-order valence-corrected chi connectivity index (χ1v) is 7.52. The van der Waals surface area contributed by atoms with Crippen LogP contribution in [0.2, 0.25) is 0 Å². The van der Waals surface area contributed by atoms with Crippen LogP contribution in [0, 0.1) is 0 Å². The Morgan fingerprint density at radius 2 is 1.84 bits per heavy atom. The van der Waals surface area contributed by atoms with E-state index in [1.54, 1.807) is 12.1 Å². The fraction of sp³-hybridized carbons (Fsp3) is 0.222. The molecule has 7 heteroatoms. The molecule has 2 rings (SSSR count). The number of hydrogen-bond acceptors (Lipinski definition) is 5. The van der Waals surface area contributed by atoms with Gasteiger partial charge in [-0.15, -0.1) is 0 Å². The molecule has 3 N–H and O–H groups in total.